The van der Waals surface area contributed by atoms with Gasteiger partial charge in [-0.05, 0) is 48.7 Å². The first-order valence-corrected chi connectivity index (χ1v) is 12.9. The molecule has 1 aliphatic heterocycles. The minimum Gasteiger partial charge on any atom is -0.396 e. The molecule has 8 nitrogen and oxygen atoms in total. The second-order valence-electron chi connectivity index (χ2n) is 8.01. The Kier molecular flexibility index (Phi) is 17.8. The number of benzene rings is 2. The maximum Gasteiger partial charge on any atom is 0.430 e. The van der Waals surface area contributed by atoms with Crippen LogP contribution in [0.1, 0.15) is 30.9 Å². The number of rotatable bonds is 5. The third-order valence-corrected chi connectivity index (χ3v) is 6.42. The molecule has 0 radical (unpaired) electrons. The molecule has 43 heavy (non-hydrogen) atoms. The van der Waals surface area contributed by atoms with Crippen LogP contribution in [-0.2, 0) is 32.6 Å². The van der Waals surface area contributed by atoms with Crippen molar-refractivity contribution in [1.29, 1.82) is 0 Å². The minimum absolute atomic E-state index is 0.0694. The van der Waals surface area contributed by atoms with Gasteiger partial charge in [0.1, 0.15) is 5.82 Å². The van der Waals surface area contributed by atoms with Gasteiger partial charge in [0.05, 0.1) is 17.2 Å². The Bertz CT molecular complexity index is 1200. The monoisotopic (exact) mass is 643 g/mol. The number of carbonyl (C=O) groups excluding carboxylic acids is 2. The summed E-state index contributed by atoms with van der Waals surface area (Å²) < 4.78 is 106. The van der Waals surface area contributed by atoms with E-state index in [1.54, 1.807) is 0 Å². The first-order valence-electron chi connectivity index (χ1n) is 11.8. The molecule has 6 N–H and O–H groups in total. The molecule has 1 aliphatic rings. The number of terminal acetylenes is 1. The van der Waals surface area contributed by atoms with E-state index in [1.807, 2.05) is 0 Å². The molecule has 2 amide bonds. The van der Waals surface area contributed by atoms with Crippen LogP contribution in [0.4, 0.5) is 36.4 Å². The van der Waals surface area contributed by atoms with E-state index in [0.717, 1.165) is 18.2 Å². The van der Waals surface area contributed by atoms with E-state index >= 15 is 0 Å². The Morgan fingerprint density at radius 3 is 1.84 bits per heavy atom. The van der Waals surface area contributed by atoms with Gasteiger partial charge in [0.15, 0.2) is 11.0 Å². The molecule has 0 aliphatic carbocycles. The van der Waals surface area contributed by atoms with Gasteiger partial charge in [-0.15, -0.1) is 26.0 Å². The molecular weight excluding hydrogens is 611 g/mol. The fourth-order valence-electron chi connectivity index (χ4n) is 3.24. The van der Waals surface area contributed by atoms with Gasteiger partial charge in [0, 0.05) is 25.5 Å². The maximum atomic E-state index is 13.1. The van der Waals surface area contributed by atoms with E-state index < -0.39 is 46.2 Å². The summed E-state index contributed by atoms with van der Waals surface area (Å²) in [7, 11) is -1.84. The van der Waals surface area contributed by atoms with Crippen LogP contribution in [0.5, 0.6) is 0 Å². The Balaban J connectivity index is 0. The molecule has 0 fully saturated rings. The molecule has 1 atom stereocenters. The van der Waals surface area contributed by atoms with E-state index in [2.05, 4.69) is 37.5 Å². The van der Waals surface area contributed by atoms with Crippen LogP contribution in [0.25, 0.3) is 0 Å². The average Bonchev–Trinajstić information content (AvgIpc) is 2.93. The quantitative estimate of drug-likeness (QED) is 0.221. The number of fused-ring (bicyclic) bond motifs is 1. The molecule has 2 aromatic carbocycles. The van der Waals surface area contributed by atoms with E-state index in [1.165, 1.54) is 23.4 Å². The molecule has 2 aromatic rings. The average molecular weight is 644 g/mol. The van der Waals surface area contributed by atoms with Crippen molar-refractivity contribution in [2.75, 3.05) is 17.5 Å². The lowest BCUT2D eigenvalue weighted by Crippen LogP contribution is -2.54. The predicted octanol–water partition coefficient (Wildman–Crippen LogP) is 4.01. The van der Waals surface area contributed by atoms with Crippen molar-refractivity contribution in [3.8, 4) is 12.8 Å². The number of carbonyl (C=O) groups is 2. The molecular formula is C27H32F7N3O5S. The standard InChI is InChI=1S/C18H14F7NO2S.C3H7NO2.C2H5NO.C2H4.C2H2/c19-13-4-6-14(7-5-13)29(28)26-9-1-2-11-10-12(3-8-15(11)26)16(27,17(20,21)22)18(23,24)25;4-3(6)1-2-5;1-2(3)4;2*1-2/h3-8,10,27H,1-2,9H2;5H,1-2H2,(H2,4,6);1H3,(H2,3,4);1-2H2;1-2H. The summed E-state index contributed by atoms with van der Waals surface area (Å²) in [6.07, 6.45) is -3.43. The summed E-state index contributed by atoms with van der Waals surface area (Å²) >= 11 is 0. The fourth-order valence-corrected chi connectivity index (χ4v) is 4.51. The smallest absolute Gasteiger partial charge is 0.396 e. The second-order valence-corrected chi connectivity index (χ2v) is 9.42. The van der Waals surface area contributed by atoms with Gasteiger partial charge < -0.3 is 21.7 Å². The number of aliphatic hydroxyl groups excluding tert-OH is 1. The van der Waals surface area contributed by atoms with Gasteiger partial charge in [0.25, 0.3) is 5.60 Å². The van der Waals surface area contributed by atoms with Crippen LogP contribution in [0, 0.1) is 18.7 Å². The number of nitrogens with two attached hydrogens (primary N) is 2. The number of aliphatic hydroxyl groups is 2. The number of aryl methyl sites for hydroxylation is 1. The second kappa shape index (κ2) is 18.6. The van der Waals surface area contributed by atoms with Crippen molar-refractivity contribution < 1.29 is 54.7 Å². The zero-order valence-electron chi connectivity index (χ0n) is 22.9. The highest BCUT2D eigenvalue weighted by molar-refractivity contribution is 7.86. The van der Waals surface area contributed by atoms with Crippen molar-refractivity contribution in [3.05, 3.63) is 72.6 Å². The Labute approximate surface area is 246 Å². The van der Waals surface area contributed by atoms with E-state index in [9.17, 15) is 49.6 Å². The molecule has 0 aromatic heterocycles. The molecule has 3 rings (SSSR count). The summed E-state index contributed by atoms with van der Waals surface area (Å²) in [5.74, 6) is -1.34. The van der Waals surface area contributed by atoms with Crippen LogP contribution in [-0.4, -0.2) is 51.7 Å². The Hall–Kier alpha value is -3.94. The molecule has 1 unspecified atom stereocenters. The molecule has 16 heteroatoms. The Morgan fingerprint density at radius 1 is 1.00 bits per heavy atom. The summed E-state index contributed by atoms with van der Waals surface area (Å²) in [5.41, 5.74) is 2.98. The van der Waals surface area contributed by atoms with Crippen LogP contribution in [0.15, 0.2) is 60.5 Å². The molecule has 240 valence electrons. The summed E-state index contributed by atoms with van der Waals surface area (Å²) in [5, 5.41) is 17.5. The number of anilines is 1. The molecule has 0 bridgehead atoms. The van der Waals surface area contributed by atoms with Crippen molar-refractivity contribution in [2.45, 2.75) is 49.0 Å². The highest BCUT2D eigenvalue weighted by Crippen LogP contribution is 2.50. The number of alkyl halides is 6. The zero-order chi connectivity index (χ0) is 34.2. The lowest BCUT2D eigenvalue weighted by atomic mass is 9.89. The zero-order valence-corrected chi connectivity index (χ0v) is 23.7. The van der Waals surface area contributed by atoms with E-state index in [0.29, 0.717) is 18.6 Å². The number of halogens is 7. The molecule has 1 heterocycles. The highest BCUT2D eigenvalue weighted by atomic mass is 32.2. The van der Waals surface area contributed by atoms with Crippen LogP contribution in [0.2, 0.25) is 0 Å². The first kappa shape index (κ1) is 41.2. The number of hydrogen-bond acceptors (Lipinski definition) is 5. The van der Waals surface area contributed by atoms with Crippen molar-refractivity contribution >= 4 is 28.5 Å². The van der Waals surface area contributed by atoms with Crippen LogP contribution >= 0.6 is 0 Å². The maximum absolute atomic E-state index is 13.1. The minimum atomic E-state index is -5.98. The number of nitrogens with zero attached hydrogens (tertiary/aromatic N) is 1. The largest absolute Gasteiger partial charge is 0.430 e. The Morgan fingerprint density at radius 2 is 1.47 bits per heavy atom. The van der Waals surface area contributed by atoms with Crippen molar-refractivity contribution in [2.24, 2.45) is 11.5 Å². The van der Waals surface area contributed by atoms with Gasteiger partial charge in [-0.3, -0.25) is 13.9 Å². The number of hydrogen-bond donors (Lipinski definition) is 4. The lowest BCUT2D eigenvalue weighted by Gasteiger charge is -2.35. The van der Waals surface area contributed by atoms with Crippen molar-refractivity contribution in [3.63, 3.8) is 0 Å². The number of primary amides is 2. The predicted molar refractivity (Wildman–Crippen MR) is 148 cm³/mol. The molecule has 0 spiro atoms. The van der Waals surface area contributed by atoms with Gasteiger partial charge in [0.2, 0.25) is 11.8 Å². The fraction of sp³-hybridized carbons (Fsp3) is 0.333. The summed E-state index contributed by atoms with van der Waals surface area (Å²) in [4.78, 5) is 19.1. The third kappa shape index (κ3) is 12.1. The highest BCUT2D eigenvalue weighted by Gasteiger charge is 2.71. The molecule has 0 saturated carbocycles. The normalized spacial score (nSPS) is 13.0. The van der Waals surface area contributed by atoms with Crippen LogP contribution in [0.3, 0.4) is 0 Å². The summed E-state index contributed by atoms with van der Waals surface area (Å²) in [6.45, 7) is 7.40. The first-order chi connectivity index (χ1) is 19.9. The van der Waals surface area contributed by atoms with Gasteiger partial charge in [-0.25, -0.2) is 8.60 Å². The third-order valence-electron chi connectivity index (χ3n) is 4.97. The van der Waals surface area contributed by atoms with Gasteiger partial charge in [-0.1, -0.05) is 12.1 Å². The molecule has 0 saturated heterocycles. The van der Waals surface area contributed by atoms with Gasteiger partial charge >= 0.3 is 12.4 Å². The van der Waals surface area contributed by atoms with Crippen LogP contribution < -0.4 is 15.8 Å². The van der Waals surface area contributed by atoms with E-state index in [4.69, 9.17) is 5.11 Å². The SMILES string of the molecule is C#C.C=C.CC(N)=O.NC(=O)CCO.O=S(c1ccc(F)cc1)N1CCCc2cc(C(O)(C(F)(F)F)C(F)(F)F)ccc21. The lowest BCUT2D eigenvalue weighted by molar-refractivity contribution is -0.376. The van der Waals surface area contributed by atoms with E-state index in [-0.39, 0.29) is 48.0 Å². The number of amides is 2. The van der Waals surface area contributed by atoms with Gasteiger partial charge in [-0.2, -0.15) is 26.3 Å². The topological polar surface area (TPSA) is 147 Å². The van der Waals surface area contributed by atoms with Crippen molar-refractivity contribution in [1.82, 2.24) is 0 Å². The summed E-state index contributed by atoms with van der Waals surface area (Å²) in [6, 6.07) is 6.89.